The zero-order valence-corrected chi connectivity index (χ0v) is 9.97. The summed E-state index contributed by atoms with van der Waals surface area (Å²) in [6.45, 7) is 1.29. The van der Waals surface area contributed by atoms with Crippen molar-refractivity contribution in [2.45, 2.75) is 13.3 Å². The topological polar surface area (TPSA) is 105 Å². The first-order valence-corrected chi connectivity index (χ1v) is 5.41. The average molecular weight is 259 g/mol. The van der Waals surface area contributed by atoms with E-state index in [1.54, 1.807) is 6.07 Å². The molecule has 3 amide bonds. The van der Waals surface area contributed by atoms with Gasteiger partial charge in [-0.3, -0.25) is 19.2 Å². The number of anilines is 1. The van der Waals surface area contributed by atoms with Crippen molar-refractivity contribution in [3.8, 4) is 0 Å². The number of Topliss-reactive ketones (excluding diaryl/α,β-unsaturated/α-hetero) is 1. The van der Waals surface area contributed by atoms with Crippen LogP contribution in [0.5, 0.6) is 0 Å². The number of carbonyl (C=O) groups is 4. The minimum Gasteiger partial charge on any atom is -0.324 e. The molecule has 0 bridgehead atoms. The normalized spacial score (nSPS) is 13.1. The Bertz CT molecular complexity index is 721. The van der Waals surface area contributed by atoms with E-state index in [0.29, 0.717) is 0 Å². The molecule has 1 N–H and O–H groups in total. The summed E-state index contributed by atoms with van der Waals surface area (Å²) in [5.74, 6) is -2.73. The van der Waals surface area contributed by atoms with Crippen LogP contribution in [0.2, 0.25) is 0 Å². The number of nitrogens with zero attached hydrogens (tertiary/aromatic N) is 2. The number of nitrogens with one attached hydrogen (secondary N) is 1. The molecule has 1 aliphatic heterocycles. The van der Waals surface area contributed by atoms with Crippen molar-refractivity contribution in [2.75, 3.05) is 5.32 Å². The van der Waals surface area contributed by atoms with Crippen LogP contribution in [0.4, 0.5) is 5.69 Å². The van der Waals surface area contributed by atoms with Gasteiger partial charge in [0.15, 0.2) is 0 Å². The number of amides is 3. The Morgan fingerprint density at radius 2 is 1.84 bits per heavy atom. The summed E-state index contributed by atoms with van der Waals surface area (Å²) in [6, 6.07) is 4.58. The van der Waals surface area contributed by atoms with Crippen LogP contribution in [0.15, 0.2) is 28.2 Å². The quantitative estimate of drug-likeness (QED) is 0.550. The van der Waals surface area contributed by atoms with Crippen molar-refractivity contribution in [1.29, 1.82) is 0 Å². The predicted octanol–water partition coefficient (Wildman–Crippen LogP) is -1.09. The Balaban J connectivity index is 2.43. The lowest BCUT2D eigenvalue weighted by atomic mass is 10.2. The van der Waals surface area contributed by atoms with Gasteiger partial charge in [-0.05, 0) is 19.1 Å². The molecule has 0 saturated heterocycles. The van der Waals surface area contributed by atoms with E-state index < -0.39 is 17.7 Å². The van der Waals surface area contributed by atoms with Gasteiger partial charge >= 0.3 is 11.8 Å². The first-order valence-electron chi connectivity index (χ1n) is 5.41. The van der Waals surface area contributed by atoms with Crippen molar-refractivity contribution in [1.82, 2.24) is 0 Å². The smallest absolute Gasteiger partial charge is 0.324 e. The van der Waals surface area contributed by atoms with Gasteiger partial charge in [0.2, 0.25) is 5.91 Å². The number of ketones is 1. The molecule has 1 aromatic rings. The van der Waals surface area contributed by atoms with Gasteiger partial charge in [0.05, 0.1) is 17.5 Å². The molecule has 0 radical (unpaired) electrons. The number of hydrogen-bond acceptors (Lipinski definition) is 4. The second kappa shape index (κ2) is 4.89. The maximum Gasteiger partial charge on any atom is 0.338 e. The van der Waals surface area contributed by atoms with Crippen molar-refractivity contribution < 1.29 is 19.2 Å². The summed E-state index contributed by atoms with van der Waals surface area (Å²) in [5, 5.41) is 2.80. The van der Waals surface area contributed by atoms with Crippen LogP contribution < -0.4 is 16.0 Å². The van der Waals surface area contributed by atoms with E-state index in [4.69, 9.17) is 0 Å². The third-order valence-electron chi connectivity index (χ3n) is 2.32. The number of hydrogen-bond donors (Lipinski definition) is 1. The molecule has 7 nitrogen and oxygen atoms in total. The SMILES string of the molecule is CC(=O)CC(=O)Nc1cccc2c1=NC(=O)C(=O)N=2. The van der Waals surface area contributed by atoms with Crippen molar-refractivity contribution in [3.05, 3.63) is 28.9 Å². The molecule has 0 aliphatic carbocycles. The van der Waals surface area contributed by atoms with Crippen LogP contribution in [0.25, 0.3) is 0 Å². The maximum absolute atomic E-state index is 11.5. The molecule has 1 heterocycles. The number of benzene rings is 1. The molecule has 1 aliphatic rings. The van der Waals surface area contributed by atoms with Gasteiger partial charge in [-0.15, -0.1) is 0 Å². The number of carbonyl (C=O) groups excluding carboxylic acids is 4. The summed E-state index contributed by atoms with van der Waals surface area (Å²) in [4.78, 5) is 51.7. The second-order valence-corrected chi connectivity index (χ2v) is 3.93. The number of para-hydroxylation sites is 1. The van der Waals surface area contributed by atoms with E-state index in [1.165, 1.54) is 19.1 Å². The third kappa shape index (κ3) is 2.76. The molecule has 0 saturated carbocycles. The first-order chi connectivity index (χ1) is 8.97. The molecule has 0 fully saturated rings. The molecular formula is C12H9N3O4. The standard InChI is InChI=1S/C12H9N3O4/c1-6(16)5-9(17)13-7-3-2-4-8-10(7)15-12(19)11(18)14-8/h2-4H,5H2,1H3,(H,13,17). The Morgan fingerprint density at radius 1 is 1.16 bits per heavy atom. The molecule has 19 heavy (non-hydrogen) atoms. The van der Waals surface area contributed by atoms with E-state index in [9.17, 15) is 19.2 Å². The monoisotopic (exact) mass is 259 g/mol. The molecule has 0 unspecified atom stereocenters. The van der Waals surface area contributed by atoms with Gasteiger partial charge < -0.3 is 5.32 Å². The largest absolute Gasteiger partial charge is 0.338 e. The molecule has 0 spiro atoms. The summed E-state index contributed by atoms with van der Waals surface area (Å²) < 4.78 is 0. The van der Waals surface area contributed by atoms with Crippen LogP contribution in [-0.4, -0.2) is 23.5 Å². The molecule has 96 valence electrons. The third-order valence-corrected chi connectivity index (χ3v) is 2.32. The highest BCUT2D eigenvalue weighted by atomic mass is 16.2. The fourth-order valence-corrected chi connectivity index (χ4v) is 1.57. The molecule has 7 heteroatoms. The predicted molar refractivity (Wildman–Crippen MR) is 62.7 cm³/mol. The second-order valence-electron chi connectivity index (χ2n) is 3.93. The van der Waals surface area contributed by atoms with E-state index in [1.807, 2.05) is 0 Å². The molecule has 0 aromatic heterocycles. The zero-order chi connectivity index (χ0) is 14.0. The van der Waals surface area contributed by atoms with Crippen molar-refractivity contribution in [3.63, 3.8) is 0 Å². The van der Waals surface area contributed by atoms with Crippen LogP contribution >= 0.6 is 0 Å². The van der Waals surface area contributed by atoms with Gasteiger partial charge in [-0.25, -0.2) is 9.98 Å². The Hall–Kier alpha value is -2.70. The minimum absolute atomic E-state index is 0.129. The number of fused-ring (bicyclic) bond motifs is 1. The zero-order valence-electron chi connectivity index (χ0n) is 9.97. The highest BCUT2D eigenvalue weighted by Gasteiger charge is 2.17. The van der Waals surface area contributed by atoms with Gasteiger partial charge in [-0.2, -0.15) is 0 Å². The Labute approximate surface area is 107 Å². The lowest BCUT2D eigenvalue weighted by Gasteiger charge is -2.06. The van der Waals surface area contributed by atoms with Gasteiger partial charge in [0, 0.05) is 0 Å². The van der Waals surface area contributed by atoms with E-state index in [2.05, 4.69) is 15.3 Å². The minimum atomic E-state index is -0.985. The van der Waals surface area contributed by atoms with Gasteiger partial charge in [0.25, 0.3) is 0 Å². The van der Waals surface area contributed by atoms with Crippen LogP contribution in [0, 0.1) is 0 Å². The van der Waals surface area contributed by atoms with E-state index in [-0.39, 0.29) is 28.6 Å². The fourth-order valence-electron chi connectivity index (χ4n) is 1.57. The highest BCUT2D eigenvalue weighted by Crippen LogP contribution is 1.99. The molecule has 2 rings (SSSR count). The first kappa shape index (κ1) is 12.7. The van der Waals surface area contributed by atoms with Crippen LogP contribution in [0.1, 0.15) is 13.3 Å². The van der Waals surface area contributed by atoms with Gasteiger partial charge in [-0.1, -0.05) is 6.07 Å². The average Bonchev–Trinajstić information content (AvgIpc) is 2.30. The van der Waals surface area contributed by atoms with Gasteiger partial charge in [0.1, 0.15) is 11.1 Å². The fraction of sp³-hybridized carbons (Fsp3) is 0.167. The van der Waals surface area contributed by atoms with Crippen LogP contribution in [0.3, 0.4) is 0 Å². The lowest BCUT2D eigenvalue weighted by Crippen LogP contribution is -2.37. The van der Waals surface area contributed by atoms with E-state index >= 15 is 0 Å². The summed E-state index contributed by atoms with van der Waals surface area (Å²) in [5.41, 5.74) is 0.244. The Morgan fingerprint density at radius 3 is 2.53 bits per heavy atom. The number of rotatable bonds is 3. The van der Waals surface area contributed by atoms with Crippen LogP contribution in [-0.2, 0) is 19.2 Å². The summed E-state index contributed by atoms with van der Waals surface area (Å²) >= 11 is 0. The highest BCUT2D eigenvalue weighted by molar-refractivity contribution is 6.36. The maximum atomic E-state index is 11.5. The lowest BCUT2D eigenvalue weighted by molar-refractivity contribution is -0.135. The van der Waals surface area contributed by atoms with E-state index in [0.717, 1.165) is 0 Å². The molecule has 1 aromatic carbocycles. The molecule has 0 atom stereocenters. The van der Waals surface area contributed by atoms with Crippen molar-refractivity contribution in [2.24, 2.45) is 9.98 Å². The summed E-state index contributed by atoms with van der Waals surface area (Å²) in [7, 11) is 0. The van der Waals surface area contributed by atoms with Crippen molar-refractivity contribution >= 4 is 29.2 Å². The summed E-state index contributed by atoms with van der Waals surface area (Å²) in [6.07, 6.45) is -0.270. The Kier molecular flexibility index (Phi) is 3.28. The molecular weight excluding hydrogens is 250 g/mol.